The summed E-state index contributed by atoms with van der Waals surface area (Å²) in [5.41, 5.74) is 1.53. The second-order valence-electron chi connectivity index (χ2n) is 5.85. The number of hydrogen-bond acceptors (Lipinski definition) is 6. The van der Waals surface area contributed by atoms with Gasteiger partial charge in [0.1, 0.15) is 0 Å². The zero-order valence-electron chi connectivity index (χ0n) is 14.4. The smallest absolute Gasteiger partial charge is 0.317 e. The van der Waals surface area contributed by atoms with Crippen LogP contribution in [0, 0.1) is 0 Å². The summed E-state index contributed by atoms with van der Waals surface area (Å²) < 4.78 is 0. The van der Waals surface area contributed by atoms with Crippen LogP contribution in [-0.2, 0) is 22.7 Å². The fourth-order valence-electron chi connectivity index (χ4n) is 2.53. The van der Waals surface area contributed by atoms with E-state index in [9.17, 15) is 9.59 Å². The Kier molecular flexibility index (Phi) is 7.66. The van der Waals surface area contributed by atoms with Crippen LogP contribution in [0.5, 0.6) is 0 Å². The van der Waals surface area contributed by atoms with Crippen molar-refractivity contribution in [2.24, 2.45) is 0 Å². The van der Waals surface area contributed by atoms with Crippen LogP contribution in [0.4, 0.5) is 0 Å². The molecule has 0 bridgehead atoms. The zero-order valence-corrected chi connectivity index (χ0v) is 14.4. The normalized spacial score (nSPS) is 11.0. The Morgan fingerprint density at radius 3 is 1.50 bits per heavy atom. The standard InChI is InChI=1S/C18H22N4O4/c23-17(24)13-21(11-15-5-1-3-7-19-15)9-10-22(14-18(25)26)12-16-6-2-4-8-20-16/h1-8H,9-14H2,(H,23,24)(H,25,26). The van der Waals surface area contributed by atoms with E-state index in [2.05, 4.69) is 9.97 Å². The summed E-state index contributed by atoms with van der Waals surface area (Å²) in [4.78, 5) is 34.2. The van der Waals surface area contributed by atoms with Gasteiger partial charge in [-0.3, -0.25) is 29.4 Å². The summed E-state index contributed by atoms with van der Waals surface area (Å²) in [5, 5.41) is 18.3. The molecule has 0 aliphatic rings. The van der Waals surface area contributed by atoms with Crippen molar-refractivity contribution < 1.29 is 19.8 Å². The Balaban J connectivity index is 1.99. The lowest BCUT2D eigenvalue weighted by Gasteiger charge is -2.25. The third-order valence-corrected chi connectivity index (χ3v) is 3.67. The van der Waals surface area contributed by atoms with E-state index < -0.39 is 11.9 Å². The molecule has 0 aliphatic heterocycles. The number of hydrogen-bond donors (Lipinski definition) is 2. The summed E-state index contributed by atoms with van der Waals surface area (Å²) in [5.74, 6) is -1.87. The molecule has 0 atom stereocenters. The first-order valence-electron chi connectivity index (χ1n) is 8.21. The molecule has 26 heavy (non-hydrogen) atoms. The van der Waals surface area contributed by atoms with Crippen LogP contribution >= 0.6 is 0 Å². The SMILES string of the molecule is O=C(O)CN(CCN(CC(=O)O)Cc1ccccn1)Cc1ccccn1. The van der Waals surface area contributed by atoms with Crippen LogP contribution in [0.25, 0.3) is 0 Å². The Bertz CT molecular complexity index is 635. The highest BCUT2D eigenvalue weighted by Crippen LogP contribution is 2.05. The first-order chi connectivity index (χ1) is 12.5. The number of carboxylic acids is 2. The van der Waals surface area contributed by atoms with Crippen molar-refractivity contribution >= 4 is 11.9 Å². The Morgan fingerprint density at radius 2 is 1.19 bits per heavy atom. The van der Waals surface area contributed by atoms with Crippen molar-refractivity contribution in [1.82, 2.24) is 19.8 Å². The third-order valence-electron chi connectivity index (χ3n) is 3.67. The minimum Gasteiger partial charge on any atom is -0.480 e. The second kappa shape index (κ2) is 10.2. The van der Waals surface area contributed by atoms with Crippen molar-refractivity contribution in [1.29, 1.82) is 0 Å². The predicted molar refractivity (Wildman–Crippen MR) is 94.3 cm³/mol. The van der Waals surface area contributed by atoms with E-state index >= 15 is 0 Å². The van der Waals surface area contributed by atoms with Crippen LogP contribution in [0.2, 0.25) is 0 Å². The summed E-state index contributed by atoms with van der Waals surface area (Å²) in [6.45, 7) is 1.31. The molecule has 0 unspecified atom stereocenters. The Labute approximate surface area is 151 Å². The molecule has 138 valence electrons. The van der Waals surface area contributed by atoms with Crippen molar-refractivity contribution in [3.8, 4) is 0 Å². The summed E-state index contributed by atoms with van der Waals surface area (Å²) in [6.07, 6.45) is 3.32. The average Bonchev–Trinajstić information content (AvgIpc) is 2.60. The molecule has 0 saturated carbocycles. The van der Waals surface area contributed by atoms with E-state index in [1.807, 2.05) is 24.3 Å². The van der Waals surface area contributed by atoms with Gasteiger partial charge in [-0.2, -0.15) is 0 Å². The number of aliphatic carboxylic acids is 2. The maximum Gasteiger partial charge on any atom is 0.317 e. The minimum absolute atomic E-state index is 0.138. The van der Waals surface area contributed by atoms with E-state index in [0.717, 1.165) is 11.4 Å². The van der Waals surface area contributed by atoms with Gasteiger partial charge in [0.2, 0.25) is 0 Å². The van der Waals surface area contributed by atoms with Crippen LogP contribution < -0.4 is 0 Å². The second-order valence-corrected chi connectivity index (χ2v) is 5.85. The number of nitrogens with zero attached hydrogens (tertiary/aromatic N) is 4. The number of aromatic nitrogens is 2. The largest absolute Gasteiger partial charge is 0.480 e. The Hall–Kier alpha value is -2.84. The van der Waals surface area contributed by atoms with Crippen LogP contribution in [0.15, 0.2) is 48.8 Å². The highest BCUT2D eigenvalue weighted by molar-refractivity contribution is 5.69. The lowest BCUT2D eigenvalue weighted by molar-refractivity contribution is -0.140. The van der Waals surface area contributed by atoms with Gasteiger partial charge in [0, 0.05) is 38.6 Å². The maximum atomic E-state index is 11.1. The van der Waals surface area contributed by atoms with Crippen molar-refractivity contribution in [2.45, 2.75) is 13.1 Å². The molecule has 0 radical (unpaired) electrons. The number of pyridine rings is 2. The number of carbonyl (C=O) groups is 2. The average molecular weight is 358 g/mol. The summed E-state index contributed by atoms with van der Waals surface area (Å²) >= 11 is 0. The van der Waals surface area contributed by atoms with E-state index in [1.165, 1.54) is 0 Å². The molecule has 0 fully saturated rings. The van der Waals surface area contributed by atoms with Gasteiger partial charge < -0.3 is 10.2 Å². The fraction of sp³-hybridized carbons (Fsp3) is 0.333. The van der Waals surface area contributed by atoms with Crippen molar-refractivity contribution in [3.63, 3.8) is 0 Å². The lowest BCUT2D eigenvalue weighted by atomic mass is 10.3. The highest BCUT2D eigenvalue weighted by Gasteiger charge is 2.16. The summed E-state index contributed by atoms with van der Waals surface area (Å²) in [6, 6.07) is 11.0. The molecule has 2 N–H and O–H groups in total. The molecule has 2 aromatic rings. The minimum atomic E-state index is -0.935. The van der Waals surface area contributed by atoms with Gasteiger partial charge in [0.25, 0.3) is 0 Å². The predicted octanol–water partition coefficient (Wildman–Crippen LogP) is 0.950. The van der Waals surface area contributed by atoms with Gasteiger partial charge in [-0.1, -0.05) is 12.1 Å². The van der Waals surface area contributed by atoms with Gasteiger partial charge in [-0.15, -0.1) is 0 Å². The molecular weight excluding hydrogens is 336 g/mol. The molecule has 0 amide bonds. The van der Waals surface area contributed by atoms with Gasteiger partial charge in [0.05, 0.1) is 24.5 Å². The van der Waals surface area contributed by atoms with E-state index in [0.29, 0.717) is 26.2 Å². The van der Waals surface area contributed by atoms with E-state index in [4.69, 9.17) is 10.2 Å². The molecular formula is C18H22N4O4. The number of carboxylic acid groups (broad SMARTS) is 2. The molecule has 0 aromatic carbocycles. The zero-order chi connectivity index (χ0) is 18.8. The number of rotatable bonds is 11. The van der Waals surface area contributed by atoms with Crippen LogP contribution in [0.3, 0.4) is 0 Å². The van der Waals surface area contributed by atoms with Gasteiger partial charge in [-0.25, -0.2) is 0 Å². The monoisotopic (exact) mass is 358 g/mol. The molecule has 2 aromatic heterocycles. The van der Waals surface area contributed by atoms with E-state index in [-0.39, 0.29) is 13.1 Å². The highest BCUT2D eigenvalue weighted by atomic mass is 16.4. The molecule has 0 aliphatic carbocycles. The first kappa shape index (κ1) is 19.5. The van der Waals surface area contributed by atoms with Crippen molar-refractivity contribution in [3.05, 3.63) is 60.2 Å². The molecule has 8 nitrogen and oxygen atoms in total. The van der Waals surface area contributed by atoms with Gasteiger partial charge >= 0.3 is 11.9 Å². The molecule has 2 rings (SSSR count). The van der Waals surface area contributed by atoms with Crippen molar-refractivity contribution in [2.75, 3.05) is 26.2 Å². The third kappa shape index (κ3) is 7.37. The summed E-state index contributed by atoms with van der Waals surface area (Å²) in [7, 11) is 0. The van der Waals surface area contributed by atoms with E-state index in [1.54, 1.807) is 34.3 Å². The van der Waals surface area contributed by atoms with Gasteiger partial charge in [0.15, 0.2) is 0 Å². The van der Waals surface area contributed by atoms with Crippen LogP contribution in [0.1, 0.15) is 11.4 Å². The maximum absolute atomic E-state index is 11.1. The quantitative estimate of drug-likeness (QED) is 0.611. The Morgan fingerprint density at radius 1 is 0.769 bits per heavy atom. The fourth-order valence-corrected chi connectivity index (χ4v) is 2.53. The van der Waals surface area contributed by atoms with Gasteiger partial charge in [-0.05, 0) is 24.3 Å². The topological polar surface area (TPSA) is 107 Å². The first-order valence-corrected chi connectivity index (χ1v) is 8.21. The molecule has 0 saturated heterocycles. The molecule has 8 heteroatoms. The van der Waals surface area contributed by atoms with Crippen LogP contribution in [-0.4, -0.2) is 68.1 Å². The molecule has 2 heterocycles. The molecule has 0 spiro atoms. The lowest BCUT2D eigenvalue weighted by Crippen LogP contribution is -2.39.